The van der Waals surface area contributed by atoms with E-state index in [4.69, 9.17) is 5.41 Å². The third-order valence-electron chi connectivity index (χ3n) is 2.30. The van der Waals surface area contributed by atoms with Gasteiger partial charge >= 0.3 is 12.1 Å². The molecule has 0 aliphatic rings. The summed E-state index contributed by atoms with van der Waals surface area (Å²) >= 11 is 0. The van der Waals surface area contributed by atoms with Gasteiger partial charge in [0.25, 0.3) is 5.78 Å². The molecule has 0 unspecified atom stereocenters. The normalized spacial score (nSPS) is 10.6. The van der Waals surface area contributed by atoms with Gasteiger partial charge in [0.15, 0.2) is 5.57 Å². The lowest BCUT2D eigenvalue weighted by molar-refractivity contribution is -0.168. The van der Waals surface area contributed by atoms with Gasteiger partial charge in [0.1, 0.15) is 6.61 Å². The molecule has 1 aromatic rings. The Balaban J connectivity index is 2.73. The maximum atomic E-state index is 12.2. The highest BCUT2D eigenvalue weighted by molar-refractivity contribution is 6.25. The van der Waals surface area contributed by atoms with Crippen LogP contribution in [0.3, 0.4) is 0 Å². The minimum Gasteiger partial charge on any atom is -0.457 e. The van der Waals surface area contributed by atoms with Crippen molar-refractivity contribution in [2.75, 3.05) is 0 Å². The molecule has 0 amide bonds. The summed E-state index contributed by atoms with van der Waals surface area (Å²) < 4.78 is 41.0. The van der Waals surface area contributed by atoms with Crippen LogP contribution in [0, 0.1) is 12.3 Å². The van der Waals surface area contributed by atoms with E-state index in [1.807, 2.05) is 6.92 Å². The number of aryl methyl sites for hydroxylation is 1. The molecule has 106 valence electrons. The summed E-state index contributed by atoms with van der Waals surface area (Å²) in [6.07, 6.45) is -5.24. The number of halogens is 3. The Morgan fingerprint density at radius 2 is 1.80 bits per heavy atom. The molecule has 1 aromatic carbocycles. The first-order chi connectivity index (χ1) is 9.25. The van der Waals surface area contributed by atoms with Gasteiger partial charge in [0, 0.05) is 0 Å². The molecule has 0 bridgehead atoms. The number of carbonyl (C=O) groups excluding carboxylic acids is 2. The predicted octanol–water partition coefficient (Wildman–Crippen LogP) is 2.34. The van der Waals surface area contributed by atoms with Crippen LogP contribution in [-0.2, 0) is 20.9 Å². The zero-order chi connectivity index (χ0) is 15.3. The number of ether oxygens (including phenoxy) is 1. The molecule has 0 atom stereocenters. The Bertz CT molecular complexity index is 570. The van der Waals surface area contributed by atoms with Crippen LogP contribution in [0.5, 0.6) is 0 Å². The fraction of sp³-hybridized carbons (Fsp3) is 0.231. The molecule has 0 fully saturated rings. The molecule has 0 aliphatic heterocycles. The number of Topliss-reactive ketones (excluding diaryl/α,β-unsaturated/α-hetero) is 1. The summed E-state index contributed by atoms with van der Waals surface area (Å²) in [7, 11) is 0. The first-order valence-electron chi connectivity index (χ1n) is 5.39. The maximum absolute atomic E-state index is 12.2. The van der Waals surface area contributed by atoms with Crippen LogP contribution in [0.25, 0.3) is 0 Å². The van der Waals surface area contributed by atoms with Gasteiger partial charge in [-0.25, -0.2) is 4.79 Å². The quantitative estimate of drug-likeness (QED) is 0.303. The predicted molar refractivity (Wildman–Crippen MR) is 63.3 cm³/mol. The number of benzene rings is 1. The van der Waals surface area contributed by atoms with Crippen LogP contribution in [0.4, 0.5) is 13.2 Å². The fourth-order valence-electron chi connectivity index (χ4n) is 1.25. The number of nitrogens with one attached hydrogen (secondary N) is 1. The van der Waals surface area contributed by atoms with E-state index in [9.17, 15) is 22.8 Å². The molecule has 0 saturated heterocycles. The van der Waals surface area contributed by atoms with E-state index >= 15 is 0 Å². The Morgan fingerprint density at radius 1 is 1.25 bits per heavy atom. The molecule has 0 aromatic heterocycles. The molecule has 0 heterocycles. The van der Waals surface area contributed by atoms with Gasteiger partial charge < -0.3 is 4.74 Å². The monoisotopic (exact) mass is 285 g/mol. The maximum Gasteiger partial charge on any atom is 0.455 e. The first kappa shape index (κ1) is 15.7. The Hall–Kier alpha value is -2.40. The van der Waals surface area contributed by atoms with Crippen molar-refractivity contribution in [3.63, 3.8) is 0 Å². The molecule has 7 heteroatoms. The van der Waals surface area contributed by atoms with Gasteiger partial charge in [-0.2, -0.15) is 13.2 Å². The molecule has 1 rings (SSSR count). The first-order valence-corrected chi connectivity index (χ1v) is 5.39. The number of carbonyl (C=O) groups is 2. The molecular weight excluding hydrogens is 275 g/mol. The molecular formula is C13H10F3NO3. The number of hydrogen-bond acceptors (Lipinski definition) is 4. The van der Waals surface area contributed by atoms with Crippen LogP contribution in [0.2, 0.25) is 0 Å². The van der Waals surface area contributed by atoms with Gasteiger partial charge in [-0.1, -0.05) is 29.8 Å². The van der Waals surface area contributed by atoms with Gasteiger partial charge in [0.2, 0.25) is 0 Å². The Labute approximate surface area is 112 Å². The summed E-state index contributed by atoms with van der Waals surface area (Å²) in [5.74, 6) is -2.79. The van der Waals surface area contributed by atoms with Crippen molar-refractivity contribution in [3.8, 4) is 0 Å². The largest absolute Gasteiger partial charge is 0.457 e. The molecule has 0 spiro atoms. The topological polar surface area (TPSA) is 67.2 Å². The Kier molecular flexibility index (Phi) is 4.83. The second-order valence-electron chi connectivity index (χ2n) is 3.89. The highest BCUT2D eigenvalue weighted by atomic mass is 19.4. The summed E-state index contributed by atoms with van der Waals surface area (Å²) in [6, 6.07) is 6.72. The minimum atomic E-state index is -5.24. The zero-order valence-electron chi connectivity index (χ0n) is 10.4. The van der Waals surface area contributed by atoms with Crippen molar-refractivity contribution in [2.45, 2.75) is 19.7 Å². The number of ketones is 1. The highest BCUT2D eigenvalue weighted by Crippen LogP contribution is 2.20. The second kappa shape index (κ2) is 6.16. The molecule has 4 nitrogen and oxygen atoms in total. The zero-order valence-corrected chi connectivity index (χ0v) is 10.4. The average Bonchev–Trinajstić information content (AvgIpc) is 2.37. The highest BCUT2D eigenvalue weighted by Gasteiger charge is 2.44. The number of esters is 1. The van der Waals surface area contributed by atoms with Gasteiger partial charge in [-0.15, -0.1) is 0 Å². The number of rotatable bonds is 4. The number of alkyl halides is 3. The second-order valence-corrected chi connectivity index (χ2v) is 3.89. The van der Waals surface area contributed by atoms with Crippen LogP contribution in [-0.4, -0.2) is 23.8 Å². The number of hydrogen-bond donors (Lipinski definition) is 1. The third-order valence-corrected chi connectivity index (χ3v) is 2.30. The minimum absolute atomic E-state index is 0.296. The summed E-state index contributed by atoms with van der Waals surface area (Å²) in [4.78, 5) is 22.2. The molecule has 20 heavy (non-hydrogen) atoms. The smallest absolute Gasteiger partial charge is 0.455 e. The lowest BCUT2D eigenvalue weighted by Crippen LogP contribution is -2.29. The van der Waals surface area contributed by atoms with Crippen molar-refractivity contribution in [2.24, 2.45) is 0 Å². The van der Waals surface area contributed by atoms with E-state index < -0.39 is 23.5 Å². The third kappa shape index (κ3) is 4.07. The van der Waals surface area contributed by atoms with Gasteiger partial charge in [-0.3, -0.25) is 10.2 Å². The lowest BCUT2D eigenvalue weighted by Gasteiger charge is -2.07. The van der Waals surface area contributed by atoms with E-state index in [2.05, 4.69) is 4.74 Å². The molecule has 1 N–H and O–H groups in total. The van der Waals surface area contributed by atoms with E-state index in [1.165, 1.54) is 5.87 Å². The standard InChI is InChI=1S/C13H10F3NO3/c1-8-2-4-9(5-3-8)7-20-12(19)10(6-17)11(18)13(14,15)16/h2-5,17H,7H2,1H3. The van der Waals surface area contributed by atoms with Crippen LogP contribution < -0.4 is 0 Å². The van der Waals surface area contributed by atoms with Crippen molar-refractivity contribution >= 4 is 17.6 Å². The summed E-state index contributed by atoms with van der Waals surface area (Å²) in [5, 5.41) is 6.60. The summed E-state index contributed by atoms with van der Waals surface area (Å²) in [6.45, 7) is 1.54. The van der Waals surface area contributed by atoms with Crippen LogP contribution in [0.15, 0.2) is 29.8 Å². The lowest BCUT2D eigenvalue weighted by atomic mass is 10.1. The van der Waals surface area contributed by atoms with Gasteiger partial charge in [0.05, 0.1) is 0 Å². The SMILES string of the molecule is Cc1ccc(COC(=O)C(=C=N)C(=O)C(F)(F)F)cc1. The van der Waals surface area contributed by atoms with Crippen molar-refractivity contribution in [3.05, 3.63) is 41.0 Å². The molecule has 0 saturated carbocycles. The van der Waals surface area contributed by atoms with E-state index in [0.29, 0.717) is 5.56 Å². The van der Waals surface area contributed by atoms with Crippen LogP contribution in [0.1, 0.15) is 11.1 Å². The fourth-order valence-corrected chi connectivity index (χ4v) is 1.25. The van der Waals surface area contributed by atoms with Crippen LogP contribution >= 0.6 is 0 Å². The summed E-state index contributed by atoms with van der Waals surface area (Å²) in [5.41, 5.74) is 0.0461. The average molecular weight is 285 g/mol. The van der Waals surface area contributed by atoms with Gasteiger partial charge in [-0.05, 0) is 18.4 Å². The Morgan fingerprint density at radius 3 is 2.25 bits per heavy atom. The molecule has 0 aliphatic carbocycles. The van der Waals surface area contributed by atoms with E-state index in [-0.39, 0.29) is 6.61 Å². The van der Waals surface area contributed by atoms with Crippen molar-refractivity contribution in [1.29, 1.82) is 5.41 Å². The van der Waals surface area contributed by atoms with E-state index in [1.54, 1.807) is 24.3 Å². The van der Waals surface area contributed by atoms with E-state index in [0.717, 1.165) is 5.56 Å². The molecule has 0 radical (unpaired) electrons. The van der Waals surface area contributed by atoms with Crippen molar-refractivity contribution in [1.82, 2.24) is 0 Å². The van der Waals surface area contributed by atoms with Crippen molar-refractivity contribution < 1.29 is 27.5 Å².